The van der Waals surface area contributed by atoms with E-state index in [0.29, 0.717) is 18.6 Å². The van der Waals surface area contributed by atoms with Crippen molar-refractivity contribution in [3.05, 3.63) is 11.6 Å². The van der Waals surface area contributed by atoms with Crippen molar-refractivity contribution in [2.24, 2.45) is 11.3 Å². The lowest BCUT2D eigenvalue weighted by molar-refractivity contribution is -0.141. The molecule has 0 heterocycles. The molecule has 2 amide bonds. The summed E-state index contributed by atoms with van der Waals surface area (Å²) in [5.41, 5.74) is -0.800. The SMILES string of the molecule is CCOC(=O)/C(C)=C/[C@H](C(C)C)N(C)C(=O)[C@@H](NC(=O)C(C)(CC)NC)C(C)(C)C. The molecule has 1 unspecified atom stereocenters. The van der Waals surface area contributed by atoms with E-state index in [1.807, 2.05) is 48.5 Å². The van der Waals surface area contributed by atoms with Crippen LogP contribution in [0.5, 0.6) is 0 Å². The zero-order valence-corrected chi connectivity index (χ0v) is 20.8. The minimum absolute atomic E-state index is 0.0675. The van der Waals surface area contributed by atoms with Crippen molar-refractivity contribution >= 4 is 17.8 Å². The third-order valence-electron chi connectivity index (χ3n) is 5.64. The van der Waals surface area contributed by atoms with E-state index in [4.69, 9.17) is 4.74 Å². The van der Waals surface area contributed by atoms with E-state index in [2.05, 4.69) is 10.6 Å². The first-order valence-corrected chi connectivity index (χ1v) is 10.8. The second-order valence-electron chi connectivity index (χ2n) is 9.46. The van der Waals surface area contributed by atoms with Crippen LogP contribution in [0.1, 0.15) is 68.7 Å². The molecule has 3 atom stereocenters. The third-order valence-corrected chi connectivity index (χ3v) is 5.64. The van der Waals surface area contributed by atoms with Gasteiger partial charge >= 0.3 is 5.97 Å². The maximum atomic E-state index is 13.5. The van der Waals surface area contributed by atoms with Gasteiger partial charge in [0.05, 0.1) is 18.2 Å². The Labute approximate surface area is 183 Å². The molecule has 30 heavy (non-hydrogen) atoms. The van der Waals surface area contributed by atoms with Crippen LogP contribution in [0.3, 0.4) is 0 Å². The molecule has 0 aromatic carbocycles. The molecule has 174 valence electrons. The molecule has 0 saturated heterocycles. The van der Waals surface area contributed by atoms with E-state index in [0.717, 1.165) is 0 Å². The van der Waals surface area contributed by atoms with E-state index < -0.39 is 23.0 Å². The number of rotatable bonds is 10. The molecule has 0 aromatic rings. The molecular formula is C23H43N3O4. The van der Waals surface area contributed by atoms with Gasteiger partial charge in [0.15, 0.2) is 0 Å². The van der Waals surface area contributed by atoms with Gasteiger partial charge in [-0.2, -0.15) is 0 Å². The van der Waals surface area contributed by atoms with Gasteiger partial charge in [0.25, 0.3) is 0 Å². The smallest absolute Gasteiger partial charge is 0.333 e. The predicted octanol–water partition coefficient (Wildman–Crippen LogP) is 2.90. The third kappa shape index (κ3) is 7.42. The summed E-state index contributed by atoms with van der Waals surface area (Å²) in [6.45, 7) is 17.2. The highest BCUT2D eigenvalue weighted by atomic mass is 16.5. The fourth-order valence-electron chi connectivity index (χ4n) is 3.06. The van der Waals surface area contributed by atoms with Crippen LogP contribution in [0.25, 0.3) is 0 Å². The van der Waals surface area contributed by atoms with Gasteiger partial charge in [-0.15, -0.1) is 0 Å². The van der Waals surface area contributed by atoms with E-state index in [1.165, 1.54) is 0 Å². The largest absolute Gasteiger partial charge is 0.463 e. The molecule has 0 fully saturated rings. The normalized spacial score (nSPS) is 16.5. The Bertz CT molecular complexity index is 631. The number of hydrogen-bond donors (Lipinski definition) is 2. The van der Waals surface area contributed by atoms with Crippen LogP contribution < -0.4 is 10.6 Å². The minimum atomic E-state index is -0.764. The zero-order chi connectivity index (χ0) is 23.9. The highest BCUT2D eigenvalue weighted by Crippen LogP contribution is 2.24. The summed E-state index contributed by atoms with van der Waals surface area (Å²) >= 11 is 0. The molecule has 0 rings (SSSR count). The topological polar surface area (TPSA) is 87.7 Å². The second-order valence-corrected chi connectivity index (χ2v) is 9.46. The number of carbonyl (C=O) groups excluding carboxylic acids is 3. The van der Waals surface area contributed by atoms with E-state index in [-0.39, 0.29) is 23.8 Å². The van der Waals surface area contributed by atoms with Crippen molar-refractivity contribution in [2.45, 2.75) is 86.4 Å². The fourth-order valence-corrected chi connectivity index (χ4v) is 3.06. The summed E-state index contributed by atoms with van der Waals surface area (Å²) in [6.07, 6.45) is 2.36. The second kappa shape index (κ2) is 11.5. The van der Waals surface area contributed by atoms with Crippen molar-refractivity contribution in [3.8, 4) is 0 Å². The zero-order valence-electron chi connectivity index (χ0n) is 20.8. The monoisotopic (exact) mass is 425 g/mol. The van der Waals surface area contributed by atoms with Crippen LogP contribution in [0.15, 0.2) is 11.6 Å². The van der Waals surface area contributed by atoms with Gasteiger partial charge in [-0.25, -0.2) is 4.79 Å². The van der Waals surface area contributed by atoms with Crippen LogP contribution in [-0.4, -0.2) is 61.0 Å². The number of hydrogen-bond acceptors (Lipinski definition) is 5. The minimum Gasteiger partial charge on any atom is -0.463 e. The first kappa shape index (κ1) is 28.1. The molecule has 0 bridgehead atoms. The van der Waals surface area contributed by atoms with Gasteiger partial charge in [0, 0.05) is 12.6 Å². The molecule has 0 aromatic heterocycles. The molecule has 2 N–H and O–H groups in total. The lowest BCUT2D eigenvalue weighted by atomic mass is 9.84. The molecule has 7 nitrogen and oxygen atoms in total. The van der Waals surface area contributed by atoms with Crippen LogP contribution in [-0.2, 0) is 19.1 Å². The van der Waals surface area contributed by atoms with Crippen molar-refractivity contribution in [1.82, 2.24) is 15.5 Å². The van der Waals surface area contributed by atoms with Gasteiger partial charge < -0.3 is 20.3 Å². The maximum Gasteiger partial charge on any atom is 0.333 e. The van der Waals surface area contributed by atoms with Gasteiger partial charge in [-0.3, -0.25) is 9.59 Å². The average Bonchev–Trinajstić information content (AvgIpc) is 2.66. The number of ether oxygens (including phenoxy) is 1. The molecule has 0 aliphatic heterocycles. The molecular weight excluding hydrogens is 382 g/mol. The van der Waals surface area contributed by atoms with Crippen LogP contribution in [0.4, 0.5) is 0 Å². The molecule has 0 spiro atoms. The Morgan fingerprint density at radius 2 is 1.63 bits per heavy atom. The van der Waals surface area contributed by atoms with Crippen molar-refractivity contribution in [1.29, 1.82) is 0 Å². The first-order valence-electron chi connectivity index (χ1n) is 10.8. The Balaban J connectivity index is 5.89. The summed E-state index contributed by atoms with van der Waals surface area (Å²) in [6, 6.07) is -1.03. The first-order chi connectivity index (χ1) is 13.7. The predicted molar refractivity (Wildman–Crippen MR) is 121 cm³/mol. The average molecular weight is 426 g/mol. The van der Waals surface area contributed by atoms with Gasteiger partial charge in [-0.05, 0) is 45.6 Å². The van der Waals surface area contributed by atoms with Crippen molar-refractivity contribution in [2.75, 3.05) is 20.7 Å². The lowest BCUT2D eigenvalue weighted by Crippen LogP contribution is -2.62. The molecule has 7 heteroatoms. The summed E-state index contributed by atoms with van der Waals surface area (Å²) in [5, 5.41) is 6.01. The number of nitrogens with one attached hydrogen (secondary N) is 2. The van der Waals surface area contributed by atoms with Crippen LogP contribution in [0, 0.1) is 11.3 Å². The Morgan fingerprint density at radius 1 is 1.10 bits per heavy atom. The molecule has 0 aliphatic carbocycles. The Morgan fingerprint density at radius 3 is 2.00 bits per heavy atom. The van der Waals surface area contributed by atoms with Crippen molar-refractivity contribution < 1.29 is 19.1 Å². The number of nitrogens with zero attached hydrogens (tertiary/aromatic N) is 1. The van der Waals surface area contributed by atoms with Crippen LogP contribution in [0.2, 0.25) is 0 Å². The quantitative estimate of drug-likeness (QED) is 0.415. The highest BCUT2D eigenvalue weighted by molar-refractivity contribution is 5.92. The summed E-state index contributed by atoms with van der Waals surface area (Å²) in [7, 11) is 3.45. The number of amides is 2. The number of likely N-dealkylation sites (N-methyl/N-ethyl adjacent to an activating group) is 2. The summed E-state index contributed by atoms with van der Waals surface area (Å²) in [5.74, 6) is -0.735. The fraction of sp³-hybridized carbons (Fsp3) is 0.783. The molecule has 0 radical (unpaired) electrons. The summed E-state index contributed by atoms with van der Waals surface area (Å²) in [4.78, 5) is 40.1. The summed E-state index contributed by atoms with van der Waals surface area (Å²) < 4.78 is 5.07. The van der Waals surface area contributed by atoms with E-state index >= 15 is 0 Å². The van der Waals surface area contributed by atoms with E-state index in [1.54, 1.807) is 38.9 Å². The van der Waals surface area contributed by atoms with Gasteiger partial charge in [-0.1, -0.05) is 47.6 Å². The molecule has 0 saturated carbocycles. The van der Waals surface area contributed by atoms with Crippen LogP contribution >= 0.6 is 0 Å². The van der Waals surface area contributed by atoms with Gasteiger partial charge in [0.1, 0.15) is 6.04 Å². The number of carbonyl (C=O) groups is 3. The molecule has 0 aliphatic rings. The lowest BCUT2D eigenvalue weighted by Gasteiger charge is -2.39. The highest BCUT2D eigenvalue weighted by Gasteiger charge is 2.40. The standard InChI is InChI=1S/C23H43N3O4/c1-12-23(9,24-10)21(29)25-18(22(6,7)8)19(27)26(11)17(15(3)4)14-16(5)20(28)30-13-2/h14-15,17-18,24H,12-13H2,1-11H3,(H,25,29)/b16-14+/t17-,18-,23?/m1/s1. The maximum absolute atomic E-state index is 13.5. The van der Waals surface area contributed by atoms with Gasteiger partial charge in [0.2, 0.25) is 11.8 Å². The van der Waals surface area contributed by atoms with E-state index in [9.17, 15) is 14.4 Å². The number of esters is 1. The Kier molecular flexibility index (Phi) is 10.8. The van der Waals surface area contributed by atoms with Crippen molar-refractivity contribution in [3.63, 3.8) is 0 Å². The Hall–Kier alpha value is -1.89.